The fraction of sp³-hybridized carbons (Fsp3) is 0.467. The van der Waals surface area contributed by atoms with Gasteiger partial charge in [0.1, 0.15) is 0 Å². The molecule has 3 N–H and O–H groups in total. The van der Waals surface area contributed by atoms with E-state index in [9.17, 15) is 27.9 Å². The van der Waals surface area contributed by atoms with Gasteiger partial charge in [-0.2, -0.15) is 13.2 Å². The molecule has 2 amide bonds. The molecule has 1 unspecified atom stereocenters. The van der Waals surface area contributed by atoms with E-state index in [1.54, 1.807) is 20.8 Å². The zero-order valence-electron chi connectivity index (χ0n) is 13.0. The number of rotatable bonds is 3. The Bertz CT molecular complexity index is 580. The third-order valence-electron chi connectivity index (χ3n) is 3.14. The molecule has 0 radical (unpaired) electrons. The van der Waals surface area contributed by atoms with E-state index >= 15 is 0 Å². The second-order valence-electron chi connectivity index (χ2n) is 6.09. The van der Waals surface area contributed by atoms with E-state index in [0.717, 1.165) is 12.1 Å². The Morgan fingerprint density at radius 2 is 1.70 bits per heavy atom. The lowest BCUT2D eigenvalue weighted by Gasteiger charge is -2.25. The van der Waals surface area contributed by atoms with Gasteiger partial charge in [0.15, 0.2) is 0 Å². The monoisotopic (exact) mass is 332 g/mol. The molecule has 1 rings (SSSR count). The van der Waals surface area contributed by atoms with Crippen molar-refractivity contribution in [2.24, 2.45) is 5.41 Å². The number of alkyl halides is 3. The lowest BCUT2D eigenvalue weighted by molar-refractivity contribution is -0.138. The van der Waals surface area contributed by atoms with Crippen molar-refractivity contribution in [3.05, 3.63) is 29.8 Å². The zero-order chi connectivity index (χ0) is 17.8. The number of anilines is 1. The van der Waals surface area contributed by atoms with Gasteiger partial charge in [-0.3, -0.25) is 9.59 Å². The van der Waals surface area contributed by atoms with Gasteiger partial charge in [-0.05, 0) is 17.5 Å². The maximum absolute atomic E-state index is 12.8. The summed E-state index contributed by atoms with van der Waals surface area (Å²) in [5, 5.41) is 13.9. The number of aliphatic hydroxyl groups is 1. The van der Waals surface area contributed by atoms with Crippen molar-refractivity contribution >= 4 is 17.5 Å². The molecule has 1 aromatic carbocycles. The first-order valence-corrected chi connectivity index (χ1v) is 6.86. The van der Waals surface area contributed by atoms with Crippen LogP contribution in [-0.4, -0.2) is 29.6 Å². The van der Waals surface area contributed by atoms with Crippen molar-refractivity contribution in [3.63, 3.8) is 0 Å². The van der Waals surface area contributed by atoms with Gasteiger partial charge in [0.05, 0.1) is 17.4 Å². The maximum atomic E-state index is 12.8. The van der Waals surface area contributed by atoms with Gasteiger partial charge < -0.3 is 15.7 Å². The number of carbonyl (C=O) groups is 2. The van der Waals surface area contributed by atoms with Crippen molar-refractivity contribution in [2.75, 3.05) is 11.9 Å². The van der Waals surface area contributed by atoms with Crippen LogP contribution in [0.25, 0.3) is 0 Å². The van der Waals surface area contributed by atoms with Gasteiger partial charge in [0.25, 0.3) is 0 Å². The van der Waals surface area contributed by atoms with E-state index in [0.29, 0.717) is 0 Å². The Morgan fingerprint density at radius 3 is 2.22 bits per heavy atom. The Balaban J connectivity index is 2.72. The average Bonchev–Trinajstić information content (AvgIpc) is 2.42. The molecule has 0 bridgehead atoms. The van der Waals surface area contributed by atoms with Crippen molar-refractivity contribution in [1.29, 1.82) is 0 Å². The summed E-state index contributed by atoms with van der Waals surface area (Å²) in [5.74, 6) is -2.35. The highest BCUT2D eigenvalue weighted by Gasteiger charge is 2.34. The maximum Gasteiger partial charge on any atom is 0.418 e. The van der Waals surface area contributed by atoms with E-state index in [2.05, 4.69) is 5.32 Å². The summed E-state index contributed by atoms with van der Waals surface area (Å²) in [5.41, 5.74) is -2.06. The standard InChI is InChI=1S/C15H19F3N2O3/c1-14(2,3)11(21)8-19-12(22)13(23)20-10-7-5-4-6-9(10)15(16,17)18/h4-7,11,21H,8H2,1-3H3,(H,19,22)(H,20,23). The van der Waals surface area contributed by atoms with Crippen LogP contribution in [-0.2, 0) is 15.8 Å². The van der Waals surface area contributed by atoms with E-state index in [4.69, 9.17) is 0 Å². The number of carbonyl (C=O) groups excluding carboxylic acids is 2. The first kappa shape index (κ1) is 19.0. The first-order chi connectivity index (χ1) is 10.4. The smallest absolute Gasteiger partial charge is 0.391 e. The van der Waals surface area contributed by atoms with Crippen LogP contribution in [0.1, 0.15) is 26.3 Å². The van der Waals surface area contributed by atoms with Crippen molar-refractivity contribution in [2.45, 2.75) is 33.1 Å². The zero-order valence-corrected chi connectivity index (χ0v) is 13.0. The van der Waals surface area contributed by atoms with E-state index in [1.165, 1.54) is 12.1 Å². The highest BCUT2D eigenvalue weighted by molar-refractivity contribution is 6.39. The van der Waals surface area contributed by atoms with Gasteiger partial charge in [0.2, 0.25) is 0 Å². The summed E-state index contributed by atoms with van der Waals surface area (Å²) in [7, 11) is 0. The Hall–Kier alpha value is -2.09. The molecule has 5 nitrogen and oxygen atoms in total. The molecule has 128 valence electrons. The number of para-hydroxylation sites is 1. The highest BCUT2D eigenvalue weighted by atomic mass is 19.4. The SMILES string of the molecule is CC(C)(C)C(O)CNC(=O)C(=O)Nc1ccccc1C(F)(F)F. The van der Waals surface area contributed by atoms with Crippen molar-refractivity contribution < 1.29 is 27.9 Å². The summed E-state index contributed by atoms with van der Waals surface area (Å²) >= 11 is 0. The normalized spacial score (nSPS) is 13.3. The second kappa shape index (κ2) is 6.99. The van der Waals surface area contributed by atoms with E-state index in [1.807, 2.05) is 5.32 Å². The van der Waals surface area contributed by atoms with Gasteiger partial charge in [-0.1, -0.05) is 32.9 Å². The molecule has 0 fully saturated rings. The Labute approximate surface area is 131 Å². The van der Waals surface area contributed by atoms with Crippen LogP contribution < -0.4 is 10.6 Å². The third-order valence-corrected chi connectivity index (χ3v) is 3.14. The summed E-state index contributed by atoms with van der Waals surface area (Å²) in [6.45, 7) is 5.03. The number of hydrogen-bond acceptors (Lipinski definition) is 3. The molecule has 0 aromatic heterocycles. The average molecular weight is 332 g/mol. The number of hydrogen-bond donors (Lipinski definition) is 3. The Kier molecular flexibility index (Phi) is 5.76. The van der Waals surface area contributed by atoms with Gasteiger partial charge in [-0.25, -0.2) is 0 Å². The number of halogens is 3. The summed E-state index contributed by atoms with van der Waals surface area (Å²) in [6, 6.07) is 4.35. The number of amides is 2. The van der Waals surface area contributed by atoms with E-state index < -0.39 is 40.8 Å². The van der Waals surface area contributed by atoms with Crippen molar-refractivity contribution in [3.8, 4) is 0 Å². The molecular weight excluding hydrogens is 313 g/mol. The predicted octanol–water partition coefficient (Wildman–Crippen LogP) is 2.17. The molecule has 0 aliphatic heterocycles. The van der Waals surface area contributed by atoms with E-state index in [-0.39, 0.29) is 6.54 Å². The summed E-state index contributed by atoms with van der Waals surface area (Å²) in [4.78, 5) is 23.3. The van der Waals surface area contributed by atoms with Gasteiger partial charge in [0, 0.05) is 6.54 Å². The molecule has 23 heavy (non-hydrogen) atoms. The van der Waals surface area contributed by atoms with Gasteiger partial charge in [-0.15, -0.1) is 0 Å². The lowest BCUT2D eigenvalue weighted by Crippen LogP contribution is -2.43. The fourth-order valence-electron chi connectivity index (χ4n) is 1.59. The minimum Gasteiger partial charge on any atom is -0.391 e. The molecule has 0 saturated heterocycles. The first-order valence-electron chi connectivity index (χ1n) is 6.86. The number of benzene rings is 1. The number of aliphatic hydroxyl groups excluding tert-OH is 1. The van der Waals surface area contributed by atoms with Crippen LogP contribution in [0.5, 0.6) is 0 Å². The lowest BCUT2D eigenvalue weighted by atomic mass is 9.89. The van der Waals surface area contributed by atoms with Crippen LogP contribution in [0, 0.1) is 5.41 Å². The molecule has 8 heteroatoms. The second-order valence-corrected chi connectivity index (χ2v) is 6.09. The van der Waals surface area contributed by atoms with Crippen molar-refractivity contribution in [1.82, 2.24) is 5.32 Å². The molecular formula is C15H19F3N2O3. The van der Waals surface area contributed by atoms with Crippen LogP contribution in [0.3, 0.4) is 0 Å². The summed E-state index contributed by atoms with van der Waals surface area (Å²) in [6.07, 6.45) is -5.55. The molecule has 1 atom stereocenters. The van der Waals surface area contributed by atoms with Crippen LogP contribution >= 0.6 is 0 Å². The Morgan fingerprint density at radius 1 is 1.13 bits per heavy atom. The molecule has 0 spiro atoms. The van der Waals surface area contributed by atoms with Crippen LogP contribution in [0.15, 0.2) is 24.3 Å². The third kappa shape index (κ3) is 5.55. The largest absolute Gasteiger partial charge is 0.418 e. The number of nitrogens with one attached hydrogen (secondary N) is 2. The molecule has 0 aliphatic carbocycles. The molecule has 0 saturated carbocycles. The fourth-order valence-corrected chi connectivity index (χ4v) is 1.59. The predicted molar refractivity (Wildman–Crippen MR) is 78.5 cm³/mol. The van der Waals surface area contributed by atoms with Crippen LogP contribution in [0.4, 0.5) is 18.9 Å². The molecule has 0 heterocycles. The highest BCUT2D eigenvalue weighted by Crippen LogP contribution is 2.34. The minimum atomic E-state index is -4.65. The summed E-state index contributed by atoms with van der Waals surface area (Å²) < 4.78 is 38.4. The molecule has 0 aliphatic rings. The molecule has 1 aromatic rings. The van der Waals surface area contributed by atoms with Crippen LogP contribution in [0.2, 0.25) is 0 Å². The minimum absolute atomic E-state index is 0.184. The quantitative estimate of drug-likeness (QED) is 0.742. The van der Waals surface area contributed by atoms with Gasteiger partial charge >= 0.3 is 18.0 Å². The topological polar surface area (TPSA) is 78.4 Å².